The molecular formula is C16H17N3. The number of hydrogen-bond acceptors (Lipinski definition) is 1. The van der Waals surface area contributed by atoms with Crippen LogP contribution < -0.4 is 0 Å². The van der Waals surface area contributed by atoms with Crippen molar-refractivity contribution in [2.75, 3.05) is 0 Å². The molecule has 0 aliphatic heterocycles. The Morgan fingerprint density at radius 1 is 1.26 bits per heavy atom. The van der Waals surface area contributed by atoms with Gasteiger partial charge in [0.05, 0.1) is 22.4 Å². The van der Waals surface area contributed by atoms with Gasteiger partial charge < -0.3 is 4.57 Å². The van der Waals surface area contributed by atoms with E-state index in [0.29, 0.717) is 5.92 Å². The highest BCUT2D eigenvalue weighted by Crippen LogP contribution is 2.32. The average Bonchev–Trinajstić information content (AvgIpc) is 2.89. The van der Waals surface area contributed by atoms with Crippen LogP contribution in [-0.4, -0.2) is 14.0 Å². The van der Waals surface area contributed by atoms with Crippen LogP contribution in [0.3, 0.4) is 0 Å². The van der Waals surface area contributed by atoms with Crippen molar-refractivity contribution in [1.29, 1.82) is 0 Å². The lowest BCUT2D eigenvalue weighted by Gasteiger charge is -2.12. The first kappa shape index (κ1) is 10.9. The topological polar surface area (TPSA) is 22.2 Å². The van der Waals surface area contributed by atoms with Crippen molar-refractivity contribution in [2.45, 2.75) is 26.2 Å². The maximum atomic E-state index is 4.88. The maximum Gasteiger partial charge on any atom is 0.215 e. The van der Waals surface area contributed by atoms with Gasteiger partial charge in [0.1, 0.15) is 0 Å². The second-order valence-electron chi connectivity index (χ2n) is 5.61. The van der Waals surface area contributed by atoms with Crippen LogP contribution in [0.2, 0.25) is 0 Å². The highest BCUT2D eigenvalue weighted by molar-refractivity contribution is 5.83. The Morgan fingerprint density at radius 3 is 2.95 bits per heavy atom. The van der Waals surface area contributed by atoms with E-state index in [2.05, 4.69) is 60.2 Å². The zero-order valence-electron chi connectivity index (χ0n) is 11.5. The molecule has 4 rings (SSSR count). The summed E-state index contributed by atoms with van der Waals surface area (Å²) in [5.74, 6) is 1.56. The predicted molar refractivity (Wildman–Crippen MR) is 78.5 cm³/mol. The van der Waals surface area contributed by atoms with Crippen LogP contribution in [0.5, 0.6) is 0 Å². The van der Waals surface area contributed by atoms with Crippen LogP contribution in [0, 0.1) is 6.92 Å². The molecule has 3 nitrogen and oxygen atoms in total. The van der Waals surface area contributed by atoms with Crippen molar-refractivity contribution in [2.24, 2.45) is 7.05 Å². The summed E-state index contributed by atoms with van der Waals surface area (Å²) < 4.78 is 4.48. The zero-order chi connectivity index (χ0) is 13.1. The van der Waals surface area contributed by atoms with Crippen molar-refractivity contribution < 1.29 is 0 Å². The van der Waals surface area contributed by atoms with Gasteiger partial charge in [-0.15, -0.1) is 0 Å². The second kappa shape index (κ2) is 3.50. The summed E-state index contributed by atoms with van der Waals surface area (Å²) in [7, 11) is 2.10. The molecule has 1 aliphatic carbocycles. The van der Waals surface area contributed by atoms with E-state index in [0.717, 1.165) is 12.2 Å². The molecule has 3 heteroatoms. The quantitative estimate of drug-likeness (QED) is 0.597. The van der Waals surface area contributed by atoms with Gasteiger partial charge in [0, 0.05) is 13.0 Å². The molecule has 1 atom stereocenters. The lowest BCUT2D eigenvalue weighted by Crippen LogP contribution is -2.00. The third kappa shape index (κ3) is 1.30. The number of aryl methyl sites for hydroxylation is 2. The first-order valence-corrected chi connectivity index (χ1v) is 6.81. The SMILES string of the molecule is Cc1ccc2c(c1)n1c3c(nc1n2C)C(C)CC=C3. The standard InChI is InChI=1S/C16H17N3/c1-10-7-8-12-14(9-10)19-13-6-4-5-11(2)15(13)17-16(19)18(12)3/h4,6-9,11H,5H2,1-3H3. The number of rotatable bonds is 0. The summed E-state index contributed by atoms with van der Waals surface area (Å²) in [5, 5.41) is 0. The minimum atomic E-state index is 0.514. The molecule has 19 heavy (non-hydrogen) atoms. The van der Waals surface area contributed by atoms with Gasteiger partial charge in [-0.05, 0) is 37.1 Å². The minimum absolute atomic E-state index is 0.514. The molecule has 1 aliphatic rings. The molecule has 0 fully saturated rings. The van der Waals surface area contributed by atoms with E-state index in [1.165, 1.54) is 28.0 Å². The molecule has 3 aromatic rings. The normalized spacial score (nSPS) is 18.4. The van der Waals surface area contributed by atoms with Gasteiger partial charge in [0.2, 0.25) is 5.78 Å². The first-order valence-electron chi connectivity index (χ1n) is 6.81. The Bertz CT molecular complexity index is 833. The van der Waals surface area contributed by atoms with Gasteiger partial charge in [-0.2, -0.15) is 0 Å². The van der Waals surface area contributed by atoms with E-state index in [1.807, 2.05) is 0 Å². The van der Waals surface area contributed by atoms with Gasteiger partial charge in [0.15, 0.2) is 0 Å². The van der Waals surface area contributed by atoms with Gasteiger partial charge in [-0.25, -0.2) is 4.98 Å². The molecule has 0 saturated heterocycles. The minimum Gasteiger partial charge on any atom is -0.313 e. The average molecular weight is 251 g/mol. The summed E-state index contributed by atoms with van der Waals surface area (Å²) >= 11 is 0. The van der Waals surface area contributed by atoms with Gasteiger partial charge in [-0.1, -0.05) is 19.1 Å². The van der Waals surface area contributed by atoms with Crippen molar-refractivity contribution in [3.63, 3.8) is 0 Å². The van der Waals surface area contributed by atoms with Crippen molar-refractivity contribution in [1.82, 2.24) is 14.0 Å². The second-order valence-corrected chi connectivity index (χ2v) is 5.61. The fourth-order valence-electron chi connectivity index (χ4n) is 3.12. The molecule has 0 saturated carbocycles. The maximum absolute atomic E-state index is 4.88. The Kier molecular flexibility index (Phi) is 2.00. The van der Waals surface area contributed by atoms with E-state index in [1.54, 1.807) is 0 Å². The zero-order valence-corrected chi connectivity index (χ0v) is 11.5. The summed E-state index contributed by atoms with van der Waals surface area (Å²) in [6, 6.07) is 6.59. The molecule has 1 aromatic carbocycles. The van der Waals surface area contributed by atoms with Crippen LogP contribution >= 0.6 is 0 Å². The Labute approximate surface area is 112 Å². The molecule has 0 amide bonds. The van der Waals surface area contributed by atoms with E-state index in [-0.39, 0.29) is 0 Å². The van der Waals surface area contributed by atoms with Crippen LogP contribution in [0.15, 0.2) is 24.3 Å². The molecule has 0 N–H and O–H groups in total. The summed E-state index contributed by atoms with van der Waals surface area (Å²) in [6.07, 6.45) is 5.57. The number of benzene rings is 1. The molecule has 2 heterocycles. The lowest BCUT2D eigenvalue weighted by molar-refractivity contribution is 0.745. The van der Waals surface area contributed by atoms with Gasteiger partial charge in [0.25, 0.3) is 0 Å². The smallest absolute Gasteiger partial charge is 0.215 e. The summed E-state index contributed by atoms with van der Waals surface area (Å²) in [4.78, 5) is 4.88. The summed E-state index contributed by atoms with van der Waals surface area (Å²) in [6.45, 7) is 4.39. The summed E-state index contributed by atoms with van der Waals surface area (Å²) in [5.41, 5.74) is 6.27. The molecule has 96 valence electrons. The fourth-order valence-corrected chi connectivity index (χ4v) is 3.12. The van der Waals surface area contributed by atoms with Crippen LogP contribution in [0.1, 0.15) is 36.2 Å². The van der Waals surface area contributed by atoms with E-state index < -0.39 is 0 Å². The van der Waals surface area contributed by atoms with Crippen molar-refractivity contribution in [3.8, 4) is 0 Å². The third-order valence-corrected chi connectivity index (χ3v) is 4.19. The Hall–Kier alpha value is -2.03. The monoisotopic (exact) mass is 251 g/mol. The number of aromatic nitrogens is 3. The third-order valence-electron chi connectivity index (χ3n) is 4.19. The van der Waals surface area contributed by atoms with Crippen molar-refractivity contribution >= 4 is 22.9 Å². The number of imidazole rings is 2. The number of fused-ring (bicyclic) bond motifs is 5. The number of nitrogens with zero attached hydrogens (tertiary/aromatic N) is 3. The van der Waals surface area contributed by atoms with Crippen LogP contribution in [-0.2, 0) is 7.05 Å². The Morgan fingerprint density at radius 2 is 2.11 bits per heavy atom. The van der Waals surface area contributed by atoms with Crippen LogP contribution in [0.25, 0.3) is 22.9 Å². The first-order chi connectivity index (χ1) is 9.16. The number of allylic oxidation sites excluding steroid dienone is 1. The Balaban J connectivity index is 2.23. The molecular weight excluding hydrogens is 234 g/mol. The number of hydrogen-bond donors (Lipinski definition) is 0. The fraction of sp³-hybridized carbons (Fsp3) is 0.312. The molecule has 1 unspecified atom stereocenters. The van der Waals surface area contributed by atoms with Gasteiger partial charge >= 0.3 is 0 Å². The largest absolute Gasteiger partial charge is 0.313 e. The molecule has 2 aromatic heterocycles. The molecule has 0 spiro atoms. The molecule has 0 bridgehead atoms. The predicted octanol–water partition coefficient (Wildman–Crippen LogP) is 3.65. The van der Waals surface area contributed by atoms with E-state index in [4.69, 9.17) is 4.98 Å². The highest BCUT2D eigenvalue weighted by Gasteiger charge is 2.22. The highest BCUT2D eigenvalue weighted by atomic mass is 15.2. The lowest BCUT2D eigenvalue weighted by atomic mass is 9.97. The van der Waals surface area contributed by atoms with Crippen LogP contribution in [0.4, 0.5) is 0 Å². The van der Waals surface area contributed by atoms with E-state index in [9.17, 15) is 0 Å². The van der Waals surface area contributed by atoms with Gasteiger partial charge in [-0.3, -0.25) is 4.40 Å². The van der Waals surface area contributed by atoms with E-state index >= 15 is 0 Å². The van der Waals surface area contributed by atoms with Crippen molar-refractivity contribution in [3.05, 3.63) is 41.2 Å². The molecule has 0 radical (unpaired) electrons.